The van der Waals surface area contributed by atoms with Crippen LogP contribution in [0.2, 0.25) is 0 Å². The van der Waals surface area contributed by atoms with Crippen LogP contribution in [0.15, 0.2) is 21.9 Å². The molecule has 0 spiro atoms. The van der Waals surface area contributed by atoms with E-state index in [0.29, 0.717) is 0 Å². The first-order valence-corrected chi connectivity index (χ1v) is 15.7. The van der Waals surface area contributed by atoms with Crippen molar-refractivity contribution in [1.82, 2.24) is 9.55 Å². The lowest BCUT2D eigenvalue weighted by Gasteiger charge is -2.24. The Hall–Kier alpha value is -1.21. The summed E-state index contributed by atoms with van der Waals surface area (Å²) in [6.07, 6.45) is 0.924. The summed E-state index contributed by atoms with van der Waals surface area (Å²) in [5, 5.41) is 10.4. The molecule has 18 heteroatoms. The van der Waals surface area contributed by atoms with Crippen LogP contribution < -0.4 is 17.0 Å². The van der Waals surface area contributed by atoms with Gasteiger partial charge in [0.05, 0.1) is 18.3 Å². The molecule has 0 amide bonds. The third-order valence-corrected chi connectivity index (χ3v) is 13.7. The van der Waals surface area contributed by atoms with Crippen LogP contribution in [0.3, 0.4) is 0 Å². The van der Waals surface area contributed by atoms with Crippen LogP contribution in [0.1, 0.15) is 18.2 Å². The molecule has 2 rings (SSSR count). The van der Waals surface area contributed by atoms with Crippen LogP contribution in [0.4, 0.5) is 0 Å². The summed E-state index contributed by atoms with van der Waals surface area (Å²) in [7, 11) is -9.41. The topological polar surface area (TPSA) is 219 Å². The van der Waals surface area contributed by atoms with E-state index in [-0.39, 0.29) is 18.5 Å². The molecule has 5 N–H and O–H groups in total. The van der Waals surface area contributed by atoms with Crippen LogP contribution >= 0.6 is 22.6 Å². The second-order valence-electron chi connectivity index (χ2n) is 7.51. The highest BCUT2D eigenvalue weighted by Gasteiger charge is 2.43. The molecule has 2 heterocycles. The molecular formula is C17H30N3O12P3. The molecule has 1 aliphatic rings. The number of hydrogen-bond acceptors (Lipinski definition) is 12. The Morgan fingerprint density at radius 2 is 1.89 bits per heavy atom. The van der Waals surface area contributed by atoms with E-state index in [1.165, 1.54) is 18.3 Å². The van der Waals surface area contributed by atoms with Gasteiger partial charge in [-0.1, -0.05) is 12.2 Å². The minimum Gasteiger partial charge on any atom is -0.390 e. The molecule has 35 heavy (non-hydrogen) atoms. The molecular weight excluding hydrogens is 531 g/mol. The number of nitrogens with two attached hydrogens (primary N) is 1. The molecule has 6 atom stereocenters. The average molecular weight is 561 g/mol. The quantitative estimate of drug-likeness (QED) is 0.244. The first-order valence-electron chi connectivity index (χ1n) is 10.2. The second kappa shape index (κ2) is 12.4. The van der Waals surface area contributed by atoms with Gasteiger partial charge in [0.2, 0.25) is 7.37 Å². The number of ether oxygens (including phenoxy) is 1. The van der Waals surface area contributed by atoms with Gasteiger partial charge in [-0.05, 0) is 0 Å². The predicted molar refractivity (Wildman–Crippen MR) is 126 cm³/mol. The number of nitrogens with one attached hydrogen (secondary N) is 1. The van der Waals surface area contributed by atoms with Gasteiger partial charge in [0.15, 0.2) is 0 Å². The largest absolute Gasteiger partial charge is 0.390 e. The Bertz CT molecular complexity index is 1160. The number of aliphatic hydroxyl groups is 1. The summed E-state index contributed by atoms with van der Waals surface area (Å²) in [5.41, 5.74) is 4.13. The number of H-pyrrole nitrogens is 1. The summed E-state index contributed by atoms with van der Waals surface area (Å²) in [6.45, 7) is -0.320. The summed E-state index contributed by atoms with van der Waals surface area (Å²) in [5.74, 6) is -1.74. The van der Waals surface area contributed by atoms with Gasteiger partial charge in [-0.15, -0.1) is 0 Å². The molecule has 0 aromatic carbocycles. The molecule has 1 aromatic heterocycles. The van der Waals surface area contributed by atoms with Gasteiger partial charge >= 0.3 is 20.9 Å². The third-order valence-electron chi connectivity index (χ3n) is 5.06. The molecule has 0 bridgehead atoms. The summed E-state index contributed by atoms with van der Waals surface area (Å²) >= 11 is 0. The molecule has 0 radical (unpaired) electrons. The normalized spacial score (nSPS) is 25.8. The third kappa shape index (κ3) is 8.14. The van der Waals surface area contributed by atoms with Gasteiger partial charge in [-0.25, -0.2) is 4.79 Å². The fourth-order valence-electron chi connectivity index (χ4n) is 3.16. The number of aliphatic hydroxyl groups excluding tert-OH is 1. The van der Waals surface area contributed by atoms with E-state index in [4.69, 9.17) is 24.0 Å². The van der Waals surface area contributed by atoms with Crippen molar-refractivity contribution in [1.29, 1.82) is 0 Å². The van der Waals surface area contributed by atoms with Crippen molar-refractivity contribution in [2.24, 2.45) is 5.73 Å². The molecule has 1 aliphatic heterocycles. The van der Waals surface area contributed by atoms with E-state index in [2.05, 4.69) is 9.51 Å². The lowest BCUT2D eigenvalue weighted by Crippen LogP contribution is -2.33. The fourth-order valence-corrected chi connectivity index (χ4v) is 11.3. The molecule has 1 aromatic rings. The van der Waals surface area contributed by atoms with Gasteiger partial charge in [-0.2, -0.15) is 0 Å². The summed E-state index contributed by atoms with van der Waals surface area (Å²) in [6, 6.07) is 0. The van der Waals surface area contributed by atoms with Gasteiger partial charge in [0.25, 0.3) is 5.56 Å². The minimum absolute atomic E-state index is 0.0601. The van der Waals surface area contributed by atoms with E-state index in [0.717, 1.165) is 25.9 Å². The van der Waals surface area contributed by atoms with E-state index < -0.39 is 70.7 Å². The second-order valence-corrected chi connectivity index (χ2v) is 15.3. The number of aromatic nitrogens is 2. The number of hydrogen-bond donors (Lipinski definition) is 4. The highest BCUT2D eigenvalue weighted by Crippen LogP contribution is 2.68. The van der Waals surface area contributed by atoms with E-state index in [9.17, 15) is 33.3 Å². The van der Waals surface area contributed by atoms with Crippen LogP contribution in [-0.2, 0) is 36.5 Å². The molecule has 1 fully saturated rings. The molecule has 200 valence electrons. The van der Waals surface area contributed by atoms with Crippen LogP contribution in [-0.4, -0.2) is 78.0 Å². The molecule has 1 saturated heterocycles. The van der Waals surface area contributed by atoms with Crippen molar-refractivity contribution in [3.8, 4) is 0 Å². The number of nitrogens with zero attached hydrogens (tertiary/aromatic N) is 1. The Balaban J connectivity index is 2.14. The van der Waals surface area contributed by atoms with Gasteiger partial charge in [-0.3, -0.25) is 28.0 Å². The zero-order valence-corrected chi connectivity index (χ0v) is 22.0. The number of aromatic amines is 1. The summed E-state index contributed by atoms with van der Waals surface area (Å²) in [4.78, 5) is 36.0. The maximum Gasteiger partial charge on any atom is 0.340 e. The van der Waals surface area contributed by atoms with Crippen molar-refractivity contribution in [2.45, 2.75) is 24.9 Å². The fraction of sp³-hybridized carbons (Fsp3) is 0.647. The lowest BCUT2D eigenvalue weighted by molar-refractivity contribution is -0.0427. The standard InChI is InChI=1S/C17H30N3O12P3/c1-28-33(24,10-34(25,26)29-2)11-35(27,30-3)31-9-14-13(21)7-15(32-14)20-8-12(5-4-6-18)16(22)19-17(20)23/h4-5,8,13-15,21H,6-7,9-11,18H2,1-3H3,(H,25,26)(H,19,22,23)/b5-4+/t13-,14+,15+,33?,35?/m0/s1. The van der Waals surface area contributed by atoms with Crippen molar-refractivity contribution in [3.63, 3.8) is 0 Å². The SMILES string of the molecule is COP(=O)(O)CP(=O)(CP(=O)(OC)OC[C@H]1O[C@@H](n2cc(/C=C/CN)c(=O)[nH]c2=O)C[C@@H]1O)OC. The van der Waals surface area contributed by atoms with Crippen molar-refractivity contribution < 1.29 is 46.5 Å². The van der Waals surface area contributed by atoms with Gasteiger partial charge in [0, 0.05) is 40.5 Å². The Morgan fingerprint density at radius 3 is 2.46 bits per heavy atom. The zero-order valence-electron chi connectivity index (χ0n) is 19.3. The molecule has 3 unspecified atom stereocenters. The highest BCUT2D eigenvalue weighted by atomic mass is 31.3. The van der Waals surface area contributed by atoms with Crippen molar-refractivity contribution >= 4 is 28.6 Å². The van der Waals surface area contributed by atoms with Gasteiger partial charge < -0.3 is 38.6 Å². The van der Waals surface area contributed by atoms with Gasteiger partial charge in [0.1, 0.15) is 24.1 Å². The van der Waals surface area contributed by atoms with E-state index in [1.54, 1.807) is 0 Å². The molecule has 0 saturated carbocycles. The van der Waals surface area contributed by atoms with Crippen molar-refractivity contribution in [2.75, 3.05) is 46.3 Å². The highest BCUT2D eigenvalue weighted by molar-refractivity contribution is 7.80. The smallest absolute Gasteiger partial charge is 0.340 e. The predicted octanol–water partition coefficient (Wildman–Crippen LogP) is 0.684. The minimum atomic E-state index is -4.27. The Kier molecular flexibility index (Phi) is 10.6. The first kappa shape index (κ1) is 30.0. The average Bonchev–Trinajstić information content (AvgIpc) is 3.17. The monoisotopic (exact) mass is 561 g/mol. The lowest BCUT2D eigenvalue weighted by atomic mass is 10.2. The first-order chi connectivity index (χ1) is 16.3. The summed E-state index contributed by atoms with van der Waals surface area (Å²) < 4.78 is 64.0. The maximum absolute atomic E-state index is 13.0. The van der Waals surface area contributed by atoms with Crippen LogP contribution in [0, 0.1) is 0 Å². The number of rotatable bonds is 13. The van der Waals surface area contributed by atoms with Crippen LogP contribution in [0.5, 0.6) is 0 Å². The van der Waals surface area contributed by atoms with Crippen LogP contribution in [0.25, 0.3) is 6.08 Å². The van der Waals surface area contributed by atoms with E-state index in [1.807, 2.05) is 0 Å². The Labute approximate surface area is 200 Å². The van der Waals surface area contributed by atoms with E-state index >= 15 is 0 Å². The Morgan fingerprint density at radius 1 is 1.20 bits per heavy atom. The maximum atomic E-state index is 13.0. The zero-order chi connectivity index (χ0) is 26.4. The van der Waals surface area contributed by atoms with Crippen molar-refractivity contribution in [3.05, 3.63) is 38.7 Å². The molecule has 0 aliphatic carbocycles. The molecule has 15 nitrogen and oxygen atoms in total.